The Morgan fingerprint density at radius 2 is 1.95 bits per heavy atom. The molecule has 1 unspecified atom stereocenters. The molecular weight excluding hydrogens is 375 g/mol. The van der Waals surface area contributed by atoms with Crippen molar-refractivity contribution in [2.24, 2.45) is 5.73 Å². The number of aryl methyl sites for hydroxylation is 1. The van der Waals surface area contributed by atoms with E-state index in [9.17, 15) is 13.2 Å². The second kappa shape index (κ2) is 5.67. The Morgan fingerprint density at radius 3 is 2.45 bits per heavy atom. The maximum atomic E-state index is 13.1. The zero-order chi connectivity index (χ0) is 15.1. The summed E-state index contributed by atoms with van der Waals surface area (Å²) >= 11 is 10.2. The topological polar surface area (TPSA) is 26.0 Å². The summed E-state index contributed by atoms with van der Waals surface area (Å²) in [5.74, 6) is 0. The minimum absolute atomic E-state index is 0.0404. The number of benzene rings is 1. The number of nitrogens with two attached hydrogens (primary N) is 1. The van der Waals surface area contributed by atoms with E-state index in [1.807, 2.05) is 0 Å². The molecule has 0 aliphatic rings. The van der Waals surface area contributed by atoms with Crippen LogP contribution in [0.15, 0.2) is 28.7 Å². The summed E-state index contributed by atoms with van der Waals surface area (Å²) in [6.07, 6.45) is -4.45. The fraction of sp³-hybridized carbons (Fsp3) is 0.231. The zero-order valence-corrected chi connectivity index (χ0v) is 13.4. The van der Waals surface area contributed by atoms with Gasteiger partial charge in [-0.3, -0.25) is 0 Å². The van der Waals surface area contributed by atoms with Gasteiger partial charge in [-0.2, -0.15) is 13.2 Å². The Labute approximate surface area is 131 Å². The summed E-state index contributed by atoms with van der Waals surface area (Å²) in [5, 5.41) is 0. The molecule has 1 aromatic carbocycles. The van der Waals surface area contributed by atoms with E-state index in [0.29, 0.717) is 13.7 Å². The maximum Gasteiger partial charge on any atom is 0.416 e. The van der Waals surface area contributed by atoms with Gasteiger partial charge in [0.2, 0.25) is 0 Å². The van der Waals surface area contributed by atoms with Gasteiger partial charge >= 0.3 is 6.18 Å². The largest absolute Gasteiger partial charge is 0.416 e. The van der Waals surface area contributed by atoms with Crippen molar-refractivity contribution in [1.82, 2.24) is 0 Å². The van der Waals surface area contributed by atoms with Gasteiger partial charge in [0.15, 0.2) is 0 Å². The van der Waals surface area contributed by atoms with Crippen LogP contribution in [0.25, 0.3) is 0 Å². The quantitative estimate of drug-likeness (QED) is 0.723. The van der Waals surface area contributed by atoms with Crippen LogP contribution >= 0.6 is 38.9 Å². The van der Waals surface area contributed by atoms with Crippen molar-refractivity contribution >= 4 is 38.9 Å². The zero-order valence-electron chi connectivity index (χ0n) is 10.3. The third kappa shape index (κ3) is 3.19. The fourth-order valence-electron chi connectivity index (χ4n) is 1.84. The highest BCUT2D eigenvalue weighted by atomic mass is 79.9. The van der Waals surface area contributed by atoms with Crippen molar-refractivity contribution in [3.63, 3.8) is 0 Å². The van der Waals surface area contributed by atoms with Gasteiger partial charge in [0, 0.05) is 9.35 Å². The molecule has 1 nitrogen and oxygen atoms in total. The van der Waals surface area contributed by atoms with Gasteiger partial charge in [0.25, 0.3) is 0 Å². The number of hydrogen-bond acceptors (Lipinski definition) is 2. The standard InChI is InChI=1S/C13H10BrClF3NS/c1-6-4-10(20-12(6)15)11(19)8-3-2-7(14)5-9(8)13(16,17)18/h2-5,11H,19H2,1H3. The van der Waals surface area contributed by atoms with Crippen molar-refractivity contribution < 1.29 is 13.2 Å². The number of thiophene rings is 1. The lowest BCUT2D eigenvalue weighted by molar-refractivity contribution is -0.138. The van der Waals surface area contributed by atoms with Crippen LogP contribution in [0.5, 0.6) is 0 Å². The van der Waals surface area contributed by atoms with Crippen LogP contribution in [0.1, 0.15) is 27.6 Å². The molecule has 0 bridgehead atoms. The number of alkyl halides is 3. The smallest absolute Gasteiger partial charge is 0.320 e. The molecule has 0 fully saturated rings. The fourth-order valence-corrected chi connectivity index (χ4v) is 3.43. The van der Waals surface area contributed by atoms with Gasteiger partial charge in [0.1, 0.15) is 0 Å². The molecule has 2 rings (SSSR count). The average Bonchev–Trinajstić information content (AvgIpc) is 2.67. The molecule has 0 saturated heterocycles. The molecule has 0 amide bonds. The predicted octanol–water partition coefficient (Wildman–Crippen LogP) is 5.54. The average molecular weight is 385 g/mol. The van der Waals surface area contributed by atoms with Crippen LogP contribution in [0.4, 0.5) is 13.2 Å². The molecule has 2 aromatic rings. The Kier molecular flexibility index (Phi) is 4.49. The lowest BCUT2D eigenvalue weighted by Crippen LogP contribution is -2.17. The first-order chi connectivity index (χ1) is 9.20. The first kappa shape index (κ1) is 15.8. The summed E-state index contributed by atoms with van der Waals surface area (Å²) in [4.78, 5) is 0.611. The monoisotopic (exact) mass is 383 g/mol. The van der Waals surface area contributed by atoms with E-state index < -0.39 is 17.8 Å². The van der Waals surface area contributed by atoms with Crippen molar-refractivity contribution in [3.8, 4) is 0 Å². The van der Waals surface area contributed by atoms with Gasteiger partial charge in [-0.1, -0.05) is 33.6 Å². The highest BCUT2D eigenvalue weighted by molar-refractivity contribution is 9.10. The van der Waals surface area contributed by atoms with E-state index in [4.69, 9.17) is 17.3 Å². The van der Waals surface area contributed by atoms with Crippen molar-refractivity contribution in [2.45, 2.75) is 19.1 Å². The Morgan fingerprint density at radius 1 is 1.30 bits per heavy atom. The van der Waals surface area contributed by atoms with Crippen LogP contribution in [-0.4, -0.2) is 0 Å². The Bertz CT molecular complexity index is 620. The summed E-state index contributed by atoms with van der Waals surface area (Å²) in [6, 6.07) is 4.85. The van der Waals surface area contributed by atoms with E-state index >= 15 is 0 Å². The third-order valence-electron chi connectivity index (χ3n) is 2.84. The molecule has 0 aliphatic carbocycles. The lowest BCUT2D eigenvalue weighted by atomic mass is 9.99. The van der Waals surface area contributed by atoms with E-state index in [1.54, 1.807) is 19.1 Å². The molecule has 1 aromatic heterocycles. The molecule has 0 aliphatic heterocycles. The van der Waals surface area contributed by atoms with E-state index in [2.05, 4.69) is 15.9 Å². The first-order valence-corrected chi connectivity index (χ1v) is 7.57. The van der Waals surface area contributed by atoms with Crippen molar-refractivity contribution in [3.05, 3.63) is 54.6 Å². The minimum Gasteiger partial charge on any atom is -0.320 e. The summed E-state index contributed by atoms with van der Waals surface area (Å²) in [5.41, 5.74) is 6.10. The van der Waals surface area contributed by atoms with Crippen LogP contribution in [0, 0.1) is 6.92 Å². The van der Waals surface area contributed by atoms with E-state index in [-0.39, 0.29) is 5.56 Å². The third-order valence-corrected chi connectivity index (χ3v) is 4.97. The molecule has 1 atom stereocenters. The summed E-state index contributed by atoms with van der Waals surface area (Å²) in [7, 11) is 0. The van der Waals surface area contributed by atoms with Crippen LogP contribution in [0.3, 0.4) is 0 Å². The van der Waals surface area contributed by atoms with Gasteiger partial charge in [0.05, 0.1) is 15.9 Å². The second-order valence-corrected chi connectivity index (χ2v) is 6.91. The molecule has 7 heteroatoms. The van der Waals surface area contributed by atoms with Crippen LogP contribution in [-0.2, 0) is 6.18 Å². The molecule has 0 radical (unpaired) electrons. The normalized spacial score (nSPS) is 13.6. The second-order valence-electron chi connectivity index (χ2n) is 4.31. The highest BCUT2D eigenvalue weighted by Crippen LogP contribution is 2.39. The number of rotatable bonds is 2. The molecule has 0 spiro atoms. The molecule has 20 heavy (non-hydrogen) atoms. The summed E-state index contributed by atoms with van der Waals surface area (Å²) in [6.45, 7) is 1.79. The predicted molar refractivity (Wildman–Crippen MR) is 79.2 cm³/mol. The number of halogens is 5. The Balaban J connectivity index is 2.52. The number of hydrogen-bond donors (Lipinski definition) is 1. The van der Waals surface area contributed by atoms with Crippen molar-refractivity contribution in [1.29, 1.82) is 0 Å². The molecule has 108 valence electrons. The lowest BCUT2D eigenvalue weighted by Gasteiger charge is -2.17. The van der Waals surface area contributed by atoms with Gasteiger partial charge < -0.3 is 5.73 Å². The minimum atomic E-state index is -4.45. The molecule has 2 N–H and O–H groups in total. The van der Waals surface area contributed by atoms with Gasteiger partial charge in [-0.15, -0.1) is 11.3 Å². The summed E-state index contributed by atoms with van der Waals surface area (Å²) < 4.78 is 40.2. The van der Waals surface area contributed by atoms with Crippen LogP contribution in [0.2, 0.25) is 4.34 Å². The Hall–Kier alpha value is -0.560. The highest BCUT2D eigenvalue weighted by Gasteiger charge is 2.35. The van der Waals surface area contributed by atoms with Crippen molar-refractivity contribution in [2.75, 3.05) is 0 Å². The SMILES string of the molecule is Cc1cc(C(N)c2ccc(Br)cc2C(F)(F)F)sc1Cl. The van der Waals surface area contributed by atoms with E-state index in [0.717, 1.165) is 11.6 Å². The van der Waals surface area contributed by atoms with Gasteiger partial charge in [-0.05, 0) is 36.2 Å². The van der Waals surface area contributed by atoms with Crippen LogP contribution < -0.4 is 5.73 Å². The molecule has 1 heterocycles. The van der Waals surface area contributed by atoms with Gasteiger partial charge in [-0.25, -0.2) is 0 Å². The van der Waals surface area contributed by atoms with E-state index in [1.165, 1.54) is 17.4 Å². The first-order valence-electron chi connectivity index (χ1n) is 5.58. The molecule has 0 saturated carbocycles. The maximum absolute atomic E-state index is 13.1. The molecular formula is C13H10BrClF3NS.